The first-order chi connectivity index (χ1) is 7.40. The summed E-state index contributed by atoms with van der Waals surface area (Å²) in [7, 11) is 0. The van der Waals surface area contributed by atoms with Gasteiger partial charge in [-0.05, 0) is 20.8 Å². The van der Waals surface area contributed by atoms with Gasteiger partial charge >= 0.3 is 6.03 Å². The van der Waals surface area contributed by atoms with Crippen molar-refractivity contribution in [3.8, 4) is 0 Å². The van der Waals surface area contributed by atoms with Crippen molar-refractivity contribution in [2.45, 2.75) is 26.1 Å². The van der Waals surface area contributed by atoms with Crippen LogP contribution in [0.2, 0.25) is 0 Å². The number of hydrogen-bond donors (Lipinski definition) is 2. The quantitative estimate of drug-likeness (QED) is 0.801. The Morgan fingerprint density at radius 1 is 1.44 bits per heavy atom. The monoisotopic (exact) mass is 261 g/mol. The van der Waals surface area contributed by atoms with Gasteiger partial charge in [0, 0.05) is 4.88 Å². The van der Waals surface area contributed by atoms with E-state index in [9.17, 15) is 9.59 Å². The summed E-state index contributed by atoms with van der Waals surface area (Å²) in [4.78, 5) is 27.5. The van der Waals surface area contributed by atoms with Gasteiger partial charge in [0.25, 0.3) is 0 Å². The minimum Gasteiger partial charge on any atom is -0.283 e. The molecule has 0 saturated heterocycles. The second-order valence-electron chi connectivity index (χ2n) is 3.22. The second-order valence-corrected chi connectivity index (χ2v) is 5.08. The smallest absolute Gasteiger partial charge is 0.283 e. The highest BCUT2D eigenvalue weighted by molar-refractivity contribution is 7.15. The molecule has 1 aromatic rings. The van der Waals surface area contributed by atoms with Crippen molar-refractivity contribution in [3.63, 3.8) is 0 Å². The molecule has 0 saturated carbocycles. The number of anilines is 1. The number of thiazole rings is 1. The zero-order valence-electron chi connectivity index (χ0n) is 9.13. The Hall–Kier alpha value is -1.14. The van der Waals surface area contributed by atoms with Crippen molar-refractivity contribution in [2.75, 3.05) is 5.32 Å². The van der Waals surface area contributed by atoms with Crippen molar-refractivity contribution >= 4 is 40.0 Å². The lowest BCUT2D eigenvalue weighted by Crippen LogP contribution is -2.38. The minimum absolute atomic E-state index is 0.461. The number of alkyl halides is 1. The molecule has 1 heterocycles. The third-order valence-corrected chi connectivity index (χ3v) is 3.03. The van der Waals surface area contributed by atoms with Gasteiger partial charge in [0.05, 0.1) is 5.69 Å². The van der Waals surface area contributed by atoms with Crippen LogP contribution in [0.15, 0.2) is 0 Å². The molecule has 2 N–H and O–H groups in total. The molecule has 1 atom stereocenters. The molecule has 3 amide bonds. The lowest BCUT2D eigenvalue weighted by Gasteiger charge is -2.04. The van der Waals surface area contributed by atoms with Gasteiger partial charge in [-0.15, -0.1) is 22.9 Å². The van der Waals surface area contributed by atoms with Crippen LogP contribution in [0.25, 0.3) is 0 Å². The summed E-state index contributed by atoms with van der Waals surface area (Å²) >= 11 is 6.85. The van der Waals surface area contributed by atoms with Crippen molar-refractivity contribution in [3.05, 3.63) is 10.6 Å². The van der Waals surface area contributed by atoms with Gasteiger partial charge in [0.1, 0.15) is 5.38 Å². The number of aromatic nitrogens is 1. The number of nitrogens with one attached hydrogen (secondary N) is 2. The minimum atomic E-state index is -0.745. The number of imide groups is 1. The van der Waals surface area contributed by atoms with Crippen LogP contribution in [0.3, 0.4) is 0 Å². The lowest BCUT2D eigenvalue weighted by molar-refractivity contribution is -0.119. The first-order valence-corrected chi connectivity index (χ1v) is 5.85. The molecule has 0 fully saturated rings. The molecule has 0 spiro atoms. The van der Waals surface area contributed by atoms with Gasteiger partial charge in [0.15, 0.2) is 5.13 Å². The molecule has 0 radical (unpaired) electrons. The van der Waals surface area contributed by atoms with Gasteiger partial charge < -0.3 is 0 Å². The summed E-state index contributed by atoms with van der Waals surface area (Å²) in [5.74, 6) is -0.538. The SMILES string of the molecule is Cc1nc(NC(=O)NC(=O)C(C)Cl)sc1C. The molecular formula is C9H12ClN3O2S. The molecule has 88 valence electrons. The Morgan fingerprint density at radius 2 is 2.06 bits per heavy atom. The maximum absolute atomic E-state index is 11.3. The van der Waals surface area contributed by atoms with E-state index in [-0.39, 0.29) is 0 Å². The van der Waals surface area contributed by atoms with Gasteiger partial charge in [-0.25, -0.2) is 9.78 Å². The number of halogens is 1. The zero-order chi connectivity index (χ0) is 12.3. The van der Waals surface area contributed by atoms with E-state index in [0.717, 1.165) is 10.6 Å². The van der Waals surface area contributed by atoms with Crippen LogP contribution >= 0.6 is 22.9 Å². The fourth-order valence-corrected chi connectivity index (χ4v) is 1.73. The largest absolute Gasteiger partial charge is 0.327 e. The normalized spacial score (nSPS) is 12.0. The lowest BCUT2D eigenvalue weighted by atomic mass is 10.4. The average Bonchev–Trinajstić information content (AvgIpc) is 2.45. The number of hydrogen-bond acceptors (Lipinski definition) is 4. The van der Waals surface area contributed by atoms with E-state index in [2.05, 4.69) is 15.6 Å². The molecular weight excluding hydrogens is 250 g/mol. The molecule has 0 aliphatic heterocycles. The molecule has 5 nitrogen and oxygen atoms in total. The van der Waals surface area contributed by atoms with E-state index in [1.165, 1.54) is 18.3 Å². The Balaban J connectivity index is 2.55. The molecule has 7 heteroatoms. The number of rotatable bonds is 2. The van der Waals surface area contributed by atoms with Crippen molar-refractivity contribution in [2.24, 2.45) is 0 Å². The maximum Gasteiger partial charge on any atom is 0.327 e. The van der Waals surface area contributed by atoms with Crippen molar-refractivity contribution in [1.82, 2.24) is 10.3 Å². The maximum atomic E-state index is 11.3. The summed E-state index contributed by atoms with van der Waals surface area (Å²) in [5, 5.41) is 4.29. The number of carbonyl (C=O) groups excluding carboxylic acids is 2. The summed E-state index contributed by atoms with van der Waals surface area (Å²) in [6.07, 6.45) is 0. The Morgan fingerprint density at radius 3 is 2.50 bits per heavy atom. The molecule has 1 rings (SSSR count). The van der Waals surface area contributed by atoms with E-state index >= 15 is 0 Å². The number of aryl methyl sites for hydroxylation is 2. The average molecular weight is 262 g/mol. The fourth-order valence-electron chi connectivity index (χ4n) is 0.866. The molecule has 16 heavy (non-hydrogen) atoms. The zero-order valence-corrected chi connectivity index (χ0v) is 10.7. The van der Waals surface area contributed by atoms with E-state index in [0.29, 0.717) is 5.13 Å². The van der Waals surface area contributed by atoms with Crippen molar-refractivity contribution < 1.29 is 9.59 Å². The van der Waals surface area contributed by atoms with Crippen LogP contribution in [0.1, 0.15) is 17.5 Å². The van der Waals surface area contributed by atoms with E-state index in [1.54, 1.807) is 0 Å². The second kappa shape index (κ2) is 5.27. The molecule has 1 unspecified atom stereocenters. The molecule has 0 aliphatic carbocycles. The van der Waals surface area contributed by atoms with Crippen LogP contribution in [0.5, 0.6) is 0 Å². The topological polar surface area (TPSA) is 71.1 Å². The molecule has 1 aromatic heterocycles. The highest BCUT2D eigenvalue weighted by Gasteiger charge is 2.14. The van der Waals surface area contributed by atoms with E-state index < -0.39 is 17.3 Å². The number of nitrogens with zero attached hydrogens (tertiary/aromatic N) is 1. The third-order valence-electron chi connectivity index (χ3n) is 1.85. The highest BCUT2D eigenvalue weighted by Crippen LogP contribution is 2.20. The molecule has 0 bridgehead atoms. The van der Waals surface area contributed by atoms with Crippen LogP contribution in [-0.4, -0.2) is 22.3 Å². The first kappa shape index (κ1) is 12.9. The number of amides is 3. The van der Waals surface area contributed by atoms with Gasteiger partial charge in [-0.3, -0.25) is 15.4 Å². The summed E-state index contributed by atoms with van der Waals surface area (Å²) in [6, 6.07) is -0.619. The summed E-state index contributed by atoms with van der Waals surface area (Å²) < 4.78 is 0. The predicted molar refractivity (Wildman–Crippen MR) is 64.1 cm³/mol. The number of carbonyl (C=O) groups is 2. The van der Waals surface area contributed by atoms with Crippen LogP contribution in [0.4, 0.5) is 9.93 Å². The standard InChI is InChI=1S/C9H12ClN3O2S/c1-4(10)7(14)12-8(15)13-9-11-5(2)6(3)16-9/h4H,1-3H3,(H2,11,12,13,14,15). The summed E-state index contributed by atoms with van der Waals surface area (Å²) in [5.41, 5.74) is 0.859. The van der Waals surface area contributed by atoms with Crippen LogP contribution < -0.4 is 10.6 Å². The molecule has 0 aliphatic rings. The van der Waals surface area contributed by atoms with Crippen LogP contribution in [-0.2, 0) is 4.79 Å². The predicted octanol–water partition coefficient (Wildman–Crippen LogP) is 2.04. The summed E-state index contributed by atoms with van der Waals surface area (Å²) in [6.45, 7) is 5.24. The van der Waals surface area contributed by atoms with Gasteiger partial charge in [-0.1, -0.05) is 0 Å². The van der Waals surface area contributed by atoms with Crippen molar-refractivity contribution in [1.29, 1.82) is 0 Å². The highest BCUT2D eigenvalue weighted by atomic mass is 35.5. The Kier molecular flexibility index (Phi) is 4.26. The Labute approximate surface area is 102 Å². The fraction of sp³-hybridized carbons (Fsp3) is 0.444. The van der Waals surface area contributed by atoms with E-state index in [4.69, 9.17) is 11.6 Å². The Bertz CT molecular complexity index is 397. The van der Waals surface area contributed by atoms with E-state index in [1.807, 2.05) is 13.8 Å². The molecule has 0 aromatic carbocycles. The van der Waals surface area contributed by atoms with Gasteiger partial charge in [0.2, 0.25) is 5.91 Å². The number of urea groups is 1. The third kappa shape index (κ3) is 3.46. The first-order valence-electron chi connectivity index (χ1n) is 4.60. The van der Waals surface area contributed by atoms with Gasteiger partial charge in [-0.2, -0.15) is 0 Å². The van der Waals surface area contributed by atoms with Crippen LogP contribution in [0, 0.1) is 13.8 Å².